The third-order valence-corrected chi connectivity index (χ3v) is 7.52. The molecule has 1 aromatic rings. The summed E-state index contributed by atoms with van der Waals surface area (Å²) in [5.74, 6) is -0.595. The van der Waals surface area contributed by atoms with Crippen molar-refractivity contribution in [2.45, 2.75) is 90.2 Å². The summed E-state index contributed by atoms with van der Waals surface area (Å²) < 4.78 is 10.9. The second-order valence-corrected chi connectivity index (χ2v) is 10.6. The molecule has 1 saturated heterocycles. The Labute approximate surface area is 214 Å². The first-order valence-electron chi connectivity index (χ1n) is 13.2. The summed E-state index contributed by atoms with van der Waals surface area (Å²) >= 11 is 0. The molecule has 8 heteroatoms. The van der Waals surface area contributed by atoms with Crippen molar-refractivity contribution in [2.75, 3.05) is 13.7 Å². The van der Waals surface area contributed by atoms with E-state index in [9.17, 15) is 14.4 Å². The molecule has 196 valence electrons. The van der Waals surface area contributed by atoms with Gasteiger partial charge in [0, 0.05) is 19.0 Å². The Morgan fingerprint density at radius 3 is 2.75 bits per heavy atom. The molecule has 1 aromatic carbocycles. The van der Waals surface area contributed by atoms with E-state index in [1.807, 2.05) is 19.9 Å². The van der Waals surface area contributed by atoms with Crippen LogP contribution < -0.4 is 5.32 Å². The zero-order valence-electron chi connectivity index (χ0n) is 21.9. The lowest BCUT2D eigenvalue weighted by atomic mass is 9.99. The normalized spacial score (nSPS) is 28.4. The summed E-state index contributed by atoms with van der Waals surface area (Å²) in [5.41, 5.74) is 3.41. The van der Waals surface area contributed by atoms with Crippen LogP contribution in [0.25, 0.3) is 6.08 Å². The fourth-order valence-corrected chi connectivity index (χ4v) is 5.48. The van der Waals surface area contributed by atoms with Gasteiger partial charge >= 0.3 is 12.1 Å². The Morgan fingerprint density at radius 1 is 1.19 bits per heavy atom. The third kappa shape index (κ3) is 5.75. The number of benzene rings is 1. The summed E-state index contributed by atoms with van der Waals surface area (Å²) in [6.07, 6.45) is 7.67. The van der Waals surface area contributed by atoms with E-state index in [2.05, 4.69) is 36.5 Å². The van der Waals surface area contributed by atoms with Gasteiger partial charge in [-0.15, -0.1) is 0 Å². The number of fused-ring (bicyclic) bond motifs is 3. The van der Waals surface area contributed by atoms with E-state index in [1.165, 1.54) is 7.11 Å². The standard InChI is InChI=1S/C28H39N3O5/c1-18(2)25-26(32)31-16-22(14-24(31)27(33)35-4)36-28(34)30-15-21-13-9-12-20(23(21)17-30)11-8-6-5-7-10-19(3)29-25/h8-9,11-13,18-19,22,24-25,29H,5-7,10,14-17H2,1-4H3/b11-8+/t19-,22-,24+,25+/m1/s1. The quantitative estimate of drug-likeness (QED) is 0.624. The fraction of sp³-hybridized carbons (Fsp3) is 0.607. The van der Waals surface area contributed by atoms with Crippen LogP contribution in [0.15, 0.2) is 24.3 Å². The van der Waals surface area contributed by atoms with E-state index in [-0.39, 0.29) is 30.8 Å². The van der Waals surface area contributed by atoms with Crippen LogP contribution in [0.4, 0.5) is 4.79 Å². The van der Waals surface area contributed by atoms with Crippen LogP contribution >= 0.6 is 0 Å². The van der Waals surface area contributed by atoms with E-state index in [0.717, 1.165) is 42.4 Å². The first kappa shape index (κ1) is 26.2. The summed E-state index contributed by atoms with van der Waals surface area (Å²) in [6.45, 7) is 7.26. The van der Waals surface area contributed by atoms with Crippen LogP contribution in [-0.2, 0) is 32.2 Å². The maximum atomic E-state index is 13.7. The number of hydrogen-bond donors (Lipinski definition) is 1. The molecular formula is C28H39N3O5. The molecule has 8 nitrogen and oxygen atoms in total. The molecule has 1 N–H and O–H groups in total. The van der Waals surface area contributed by atoms with Gasteiger partial charge in [0.05, 0.1) is 26.2 Å². The number of hydrogen-bond acceptors (Lipinski definition) is 6. The second-order valence-electron chi connectivity index (χ2n) is 10.6. The number of carbonyl (C=O) groups excluding carboxylic acids is 3. The van der Waals surface area contributed by atoms with Crippen LogP contribution in [-0.4, -0.2) is 65.7 Å². The van der Waals surface area contributed by atoms with Crippen molar-refractivity contribution < 1.29 is 23.9 Å². The number of methoxy groups -OCH3 is 1. The molecule has 0 spiro atoms. The lowest BCUT2D eigenvalue weighted by Crippen LogP contribution is -2.54. The zero-order valence-corrected chi connectivity index (χ0v) is 21.9. The van der Waals surface area contributed by atoms with Gasteiger partial charge in [0.15, 0.2) is 0 Å². The lowest BCUT2D eigenvalue weighted by molar-refractivity contribution is -0.152. The molecule has 0 aliphatic carbocycles. The topological polar surface area (TPSA) is 88.2 Å². The van der Waals surface area contributed by atoms with Crippen molar-refractivity contribution in [3.63, 3.8) is 0 Å². The highest BCUT2D eigenvalue weighted by Crippen LogP contribution is 2.30. The molecule has 2 amide bonds. The van der Waals surface area contributed by atoms with Crippen molar-refractivity contribution >= 4 is 24.0 Å². The van der Waals surface area contributed by atoms with Crippen molar-refractivity contribution in [1.29, 1.82) is 0 Å². The van der Waals surface area contributed by atoms with Gasteiger partial charge in [-0.3, -0.25) is 9.69 Å². The lowest BCUT2D eigenvalue weighted by Gasteiger charge is -2.31. The SMILES string of the molecule is COC(=O)[C@@H]1C[C@@H]2CN1C(=O)[C@H](C(C)C)N[C@H](C)CCCC/C=C/c1cccc3c1CN(C3)C(=O)O2. The third-order valence-electron chi connectivity index (χ3n) is 7.52. The minimum absolute atomic E-state index is 0.0354. The van der Waals surface area contributed by atoms with Gasteiger partial charge < -0.3 is 19.7 Å². The van der Waals surface area contributed by atoms with Gasteiger partial charge in [0.25, 0.3) is 0 Å². The number of rotatable bonds is 2. The predicted octanol–water partition coefficient (Wildman–Crippen LogP) is 3.87. The van der Waals surface area contributed by atoms with E-state index < -0.39 is 30.3 Å². The predicted molar refractivity (Wildman–Crippen MR) is 137 cm³/mol. The van der Waals surface area contributed by atoms with Gasteiger partial charge in [-0.25, -0.2) is 9.59 Å². The van der Waals surface area contributed by atoms with Gasteiger partial charge in [-0.05, 0) is 48.8 Å². The molecule has 0 aromatic heterocycles. The van der Waals surface area contributed by atoms with E-state index in [0.29, 0.717) is 13.1 Å². The molecule has 0 unspecified atom stereocenters. The second kappa shape index (κ2) is 11.5. The molecule has 3 heterocycles. The minimum atomic E-state index is -0.767. The number of nitrogens with one attached hydrogen (secondary N) is 1. The average Bonchev–Trinajstić information content (AvgIpc) is 3.48. The highest BCUT2D eigenvalue weighted by Gasteiger charge is 2.45. The van der Waals surface area contributed by atoms with E-state index in [1.54, 1.807) is 9.80 Å². The number of allylic oxidation sites excluding steroid dienone is 1. The van der Waals surface area contributed by atoms with Crippen LogP contribution in [0.2, 0.25) is 0 Å². The Hall–Kier alpha value is -2.87. The molecule has 1 fully saturated rings. The molecule has 3 aliphatic rings. The van der Waals surface area contributed by atoms with Crippen molar-refractivity contribution in [1.82, 2.24) is 15.1 Å². The first-order valence-corrected chi connectivity index (χ1v) is 13.2. The summed E-state index contributed by atoms with van der Waals surface area (Å²) in [4.78, 5) is 42.6. The number of nitrogens with zero attached hydrogens (tertiary/aromatic N) is 2. The van der Waals surface area contributed by atoms with Gasteiger partial charge in [0.1, 0.15) is 12.1 Å². The van der Waals surface area contributed by atoms with Crippen LogP contribution in [0, 0.1) is 5.92 Å². The van der Waals surface area contributed by atoms with Gasteiger partial charge in [0.2, 0.25) is 5.91 Å². The molecule has 0 radical (unpaired) electrons. The van der Waals surface area contributed by atoms with Gasteiger partial charge in [-0.1, -0.05) is 50.6 Å². The smallest absolute Gasteiger partial charge is 0.410 e. The highest BCUT2D eigenvalue weighted by atomic mass is 16.6. The number of amides is 2. The molecule has 3 aliphatic heterocycles. The Balaban J connectivity index is 1.59. The molecule has 4 rings (SSSR count). The monoisotopic (exact) mass is 497 g/mol. The number of carbonyl (C=O) groups is 3. The van der Waals surface area contributed by atoms with Crippen molar-refractivity contribution in [3.8, 4) is 0 Å². The minimum Gasteiger partial charge on any atom is -0.467 e. The molecule has 4 bridgehead atoms. The van der Waals surface area contributed by atoms with Gasteiger partial charge in [-0.2, -0.15) is 0 Å². The Kier molecular flexibility index (Phi) is 8.34. The maximum absolute atomic E-state index is 13.7. The average molecular weight is 498 g/mol. The van der Waals surface area contributed by atoms with Crippen LogP contribution in [0.5, 0.6) is 0 Å². The molecule has 0 saturated carbocycles. The van der Waals surface area contributed by atoms with Crippen LogP contribution in [0.3, 0.4) is 0 Å². The van der Waals surface area contributed by atoms with E-state index in [4.69, 9.17) is 9.47 Å². The zero-order chi connectivity index (χ0) is 25.8. The summed E-state index contributed by atoms with van der Waals surface area (Å²) in [7, 11) is 1.32. The molecule has 36 heavy (non-hydrogen) atoms. The number of esters is 1. The van der Waals surface area contributed by atoms with Crippen molar-refractivity contribution in [3.05, 3.63) is 41.0 Å². The Bertz CT molecular complexity index is 1010. The maximum Gasteiger partial charge on any atom is 0.410 e. The summed E-state index contributed by atoms with van der Waals surface area (Å²) in [6, 6.07) is 5.12. The van der Waals surface area contributed by atoms with E-state index >= 15 is 0 Å². The van der Waals surface area contributed by atoms with Crippen molar-refractivity contribution in [2.24, 2.45) is 5.92 Å². The largest absolute Gasteiger partial charge is 0.467 e. The first-order chi connectivity index (χ1) is 17.3. The molecular weight excluding hydrogens is 458 g/mol. The highest BCUT2D eigenvalue weighted by molar-refractivity contribution is 5.88. The fourth-order valence-electron chi connectivity index (χ4n) is 5.48. The summed E-state index contributed by atoms with van der Waals surface area (Å²) in [5, 5.41) is 3.50. The Morgan fingerprint density at radius 2 is 2.00 bits per heavy atom. The van der Waals surface area contributed by atoms with Crippen LogP contribution in [0.1, 0.15) is 69.6 Å². The number of ether oxygens (including phenoxy) is 2. The molecule has 4 atom stereocenters.